The van der Waals surface area contributed by atoms with Gasteiger partial charge in [-0.1, -0.05) is 35.0 Å². The highest BCUT2D eigenvalue weighted by Crippen LogP contribution is 2.40. The topological polar surface area (TPSA) is 82.9 Å². The summed E-state index contributed by atoms with van der Waals surface area (Å²) in [5.74, 6) is 0.561. The predicted molar refractivity (Wildman–Crippen MR) is 125 cm³/mol. The number of benzene rings is 2. The van der Waals surface area contributed by atoms with Crippen LogP contribution in [0.2, 0.25) is 5.02 Å². The van der Waals surface area contributed by atoms with Crippen molar-refractivity contribution >= 4 is 28.5 Å². The normalized spacial score (nSPS) is 18.8. The fourth-order valence-corrected chi connectivity index (χ4v) is 5.36. The highest BCUT2D eigenvalue weighted by Gasteiger charge is 2.38. The molecule has 2 aromatic carbocycles. The summed E-state index contributed by atoms with van der Waals surface area (Å²) in [4.78, 5) is 17.8. The second-order valence-electron chi connectivity index (χ2n) is 9.14. The number of nitrogens with zero attached hydrogens (tertiary/aromatic N) is 6. The predicted octanol–water partition coefficient (Wildman–Crippen LogP) is 3.31. The van der Waals surface area contributed by atoms with E-state index in [1.54, 1.807) is 10.9 Å². The summed E-state index contributed by atoms with van der Waals surface area (Å²) in [6.45, 7) is 2.58. The van der Waals surface area contributed by atoms with Crippen molar-refractivity contribution in [1.82, 2.24) is 35.0 Å². The molecule has 8 nitrogen and oxygen atoms in total. The van der Waals surface area contributed by atoms with Gasteiger partial charge in [0.25, 0.3) is 5.91 Å². The Bertz CT molecular complexity index is 1350. The number of H-pyrrole nitrogens is 1. The van der Waals surface area contributed by atoms with Crippen LogP contribution in [0.25, 0.3) is 11.0 Å². The average molecular weight is 462 g/mol. The minimum absolute atomic E-state index is 0.0471. The molecule has 6 rings (SSSR count). The smallest absolute Gasteiger partial charge is 0.255 e. The summed E-state index contributed by atoms with van der Waals surface area (Å²) in [5, 5.41) is 15.8. The minimum Gasteiger partial charge on any atom is -0.327 e. The molecule has 4 aromatic rings. The second kappa shape index (κ2) is 7.67. The zero-order valence-electron chi connectivity index (χ0n) is 18.5. The van der Waals surface area contributed by atoms with Gasteiger partial charge in [0.2, 0.25) is 0 Å². The van der Waals surface area contributed by atoms with Gasteiger partial charge in [-0.25, -0.2) is 0 Å². The van der Waals surface area contributed by atoms with Gasteiger partial charge in [-0.05, 0) is 41.9 Å². The van der Waals surface area contributed by atoms with E-state index in [-0.39, 0.29) is 11.9 Å². The van der Waals surface area contributed by atoms with Crippen molar-refractivity contribution in [3.63, 3.8) is 0 Å². The number of hydrogen-bond donors (Lipinski definition) is 1. The first kappa shape index (κ1) is 20.4. The van der Waals surface area contributed by atoms with Gasteiger partial charge in [0, 0.05) is 44.6 Å². The maximum atomic E-state index is 13.6. The third-order valence-electron chi connectivity index (χ3n) is 6.98. The molecule has 9 heteroatoms. The Morgan fingerprint density at radius 3 is 2.76 bits per heavy atom. The Morgan fingerprint density at radius 1 is 1.15 bits per heavy atom. The third kappa shape index (κ3) is 3.41. The van der Waals surface area contributed by atoms with E-state index in [1.165, 1.54) is 5.56 Å². The summed E-state index contributed by atoms with van der Waals surface area (Å²) >= 11 is 6.47. The molecular weight excluding hydrogens is 438 g/mol. The first-order valence-corrected chi connectivity index (χ1v) is 11.4. The van der Waals surface area contributed by atoms with Gasteiger partial charge in [0.15, 0.2) is 0 Å². The number of halogens is 1. The lowest BCUT2D eigenvalue weighted by molar-refractivity contribution is 0.0708. The van der Waals surface area contributed by atoms with E-state index in [9.17, 15) is 4.79 Å². The molecule has 0 aliphatic carbocycles. The van der Waals surface area contributed by atoms with Gasteiger partial charge in [-0.2, -0.15) is 5.10 Å². The summed E-state index contributed by atoms with van der Waals surface area (Å²) in [6, 6.07) is 12.2. The van der Waals surface area contributed by atoms with Gasteiger partial charge >= 0.3 is 0 Å². The highest BCUT2D eigenvalue weighted by atomic mass is 35.5. The number of hydrogen-bond acceptors (Lipinski definition) is 5. The highest BCUT2D eigenvalue weighted by molar-refractivity contribution is 6.31. The van der Waals surface area contributed by atoms with E-state index in [0.717, 1.165) is 46.5 Å². The van der Waals surface area contributed by atoms with Crippen LogP contribution in [0, 0.1) is 0 Å². The number of aromatic nitrogens is 5. The SMILES string of the molecule is CN1CC(c2ccc3c(c2)C(Cc2c(Cl)cnn2C)N(Cc2ccc4[nH]nnc4c2)C3=O)C1. The molecule has 1 saturated heterocycles. The van der Waals surface area contributed by atoms with Crippen molar-refractivity contribution < 1.29 is 4.79 Å². The van der Waals surface area contributed by atoms with Gasteiger partial charge in [-0.3, -0.25) is 14.6 Å². The van der Waals surface area contributed by atoms with Gasteiger partial charge in [0.05, 0.1) is 28.5 Å². The second-order valence-corrected chi connectivity index (χ2v) is 9.55. The Labute approximate surface area is 196 Å². The summed E-state index contributed by atoms with van der Waals surface area (Å²) < 4.78 is 1.80. The molecule has 1 N–H and O–H groups in total. The molecule has 1 unspecified atom stereocenters. The maximum Gasteiger partial charge on any atom is 0.255 e. The van der Waals surface area contributed by atoms with Crippen LogP contribution in [0.15, 0.2) is 42.6 Å². The van der Waals surface area contributed by atoms with Gasteiger partial charge in [0.1, 0.15) is 5.52 Å². The van der Waals surface area contributed by atoms with Crippen LogP contribution in [-0.4, -0.2) is 61.0 Å². The Balaban J connectivity index is 1.39. The van der Waals surface area contributed by atoms with E-state index in [1.807, 2.05) is 36.2 Å². The average Bonchev–Trinajstić information content (AvgIpc) is 3.45. The fourth-order valence-electron chi connectivity index (χ4n) is 5.11. The zero-order valence-corrected chi connectivity index (χ0v) is 19.3. The van der Waals surface area contributed by atoms with Crippen LogP contribution in [0.5, 0.6) is 0 Å². The van der Waals surface area contributed by atoms with Crippen LogP contribution >= 0.6 is 11.6 Å². The first-order valence-electron chi connectivity index (χ1n) is 11.1. The van der Waals surface area contributed by atoms with E-state index in [4.69, 9.17) is 11.6 Å². The van der Waals surface area contributed by atoms with Crippen molar-refractivity contribution in [2.24, 2.45) is 7.05 Å². The monoisotopic (exact) mass is 461 g/mol. The minimum atomic E-state index is -0.119. The number of amides is 1. The number of aryl methyl sites for hydroxylation is 1. The number of rotatable bonds is 5. The zero-order chi connectivity index (χ0) is 22.7. The first-order chi connectivity index (χ1) is 16.0. The molecule has 1 fully saturated rings. The van der Waals surface area contributed by atoms with Crippen molar-refractivity contribution in [3.8, 4) is 0 Å². The van der Waals surface area contributed by atoms with Crippen LogP contribution in [0.4, 0.5) is 0 Å². The quantitative estimate of drug-likeness (QED) is 0.493. The maximum absolute atomic E-state index is 13.6. The number of likely N-dealkylation sites (tertiary alicyclic amines) is 1. The van der Waals surface area contributed by atoms with Crippen LogP contribution in [0.3, 0.4) is 0 Å². The van der Waals surface area contributed by atoms with Crippen molar-refractivity contribution in [2.75, 3.05) is 20.1 Å². The van der Waals surface area contributed by atoms with E-state index >= 15 is 0 Å². The van der Waals surface area contributed by atoms with Crippen LogP contribution in [-0.2, 0) is 20.0 Å². The van der Waals surface area contributed by atoms with E-state index in [2.05, 4.69) is 44.6 Å². The summed E-state index contributed by atoms with van der Waals surface area (Å²) in [5.41, 5.74) is 6.76. The molecule has 0 radical (unpaired) electrons. The van der Waals surface area contributed by atoms with Crippen LogP contribution in [0.1, 0.15) is 44.7 Å². The lowest BCUT2D eigenvalue weighted by Gasteiger charge is -2.36. The molecule has 168 valence electrons. The van der Waals surface area contributed by atoms with Crippen LogP contribution < -0.4 is 0 Å². The number of carbonyl (C=O) groups is 1. The van der Waals surface area contributed by atoms with Gasteiger partial charge in [-0.15, -0.1) is 5.10 Å². The third-order valence-corrected chi connectivity index (χ3v) is 7.29. The Hall–Kier alpha value is -3.23. The van der Waals surface area contributed by atoms with Gasteiger partial charge < -0.3 is 9.80 Å². The molecule has 0 saturated carbocycles. The number of likely N-dealkylation sites (N-methyl/N-ethyl adjacent to an activating group) is 1. The molecule has 1 atom stereocenters. The van der Waals surface area contributed by atoms with Crippen molar-refractivity contribution in [3.05, 3.63) is 75.6 Å². The lowest BCUT2D eigenvalue weighted by atomic mass is 9.88. The van der Waals surface area contributed by atoms with Crippen molar-refractivity contribution in [1.29, 1.82) is 0 Å². The largest absolute Gasteiger partial charge is 0.327 e. The molecule has 2 aliphatic rings. The number of aromatic amines is 1. The standard InChI is InChI=1S/C24H24ClN7O/c1-30-12-16(13-30)15-4-5-17-18(8-15)22(9-23-19(25)10-26-31(23)2)32(24(17)33)11-14-3-6-20-21(7-14)28-29-27-20/h3-8,10,16,22H,9,11-13H2,1-2H3,(H,27,28,29). The Morgan fingerprint density at radius 2 is 2.00 bits per heavy atom. The summed E-state index contributed by atoms with van der Waals surface area (Å²) in [6.07, 6.45) is 2.27. The molecule has 2 aliphatic heterocycles. The summed E-state index contributed by atoms with van der Waals surface area (Å²) in [7, 11) is 4.02. The molecule has 1 amide bonds. The molecule has 0 spiro atoms. The number of fused-ring (bicyclic) bond motifs is 2. The molecule has 33 heavy (non-hydrogen) atoms. The van der Waals surface area contributed by atoms with E-state index < -0.39 is 0 Å². The van der Waals surface area contributed by atoms with Crippen molar-refractivity contribution in [2.45, 2.75) is 24.9 Å². The fraction of sp³-hybridized carbons (Fsp3) is 0.333. The Kier molecular flexibility index (Phi) is 4.74. The molecule has 2 aromatic heterocycles. The van der Waals surface area contributed by atoms with E-state index in [0.29, 0.717) is 23.9 Å². The molecular formula is C24H24ClN7O. The molecule has 4 heterocycles. The number of carbonyl (C=O) groups excluding carboxylic acids is 1. The lowest BCUT2D eigenvalue weighted by Crippen LogP contribution is -2.41. The molecule has 0 bridgehead atoms. The number of nitrogens with one attached hydrogen (secondary N) is 1.